The van der Waals surface area contributed by atoms with Gasteiger partial charge in [-0.25, -0.2) is 8.57 Å². The molecule has 0 bridgehead atoms. The molecule has 0 spiro atoms. The highest BCUT2D eigenvalue weighted by molar-refractivity contribution is 7.94. The second-order valence-electron chi connectivity index (χ2n) is 6.03. The maximum Gasteiger partial charge on any atom is 0.0919 e. The van der Waals surface area contributed by atoms with Gasteiger partial charge in [-0.1, -0.05) is 74.5 Å². The maximum absolute atomic E-state index is 13.6. The van der Waals surface area contributed by atoms with Gasteiger partial charge in [0.25, 0.3) is 0 Å². The van der Waals surface area contributed by atoms with Crippen LogP contribution in [0.5, 0.6) is 0 Å². The van der Waals surface area contributed by atoms with Gasteiger partial charge in [0.2, 0.25) is 0 Å². The predicted molar refractivity (Wildman–Crippen MR) is 101 cm³/mol. The second-order valence-corrected chi connectivity index (χ2v) is 8.55. The minimum atomic E-state index is -2.77. The number of aliphatic hydroxyl groups excluding tert-OH is 1. The molecule has 2 rings (SSSR count). The first-order valence-electron chi connectivity index (χ1n) is 8.09. The fourth-order valence-corrected chi connectivity index (χ4v) is 4.86. The molecule has 0 fully saturated rings. The fourth-order valence-electron chi connectivity index (χ4n) is 2.56. The van der Waals surface area contributed by atoms with Crippen LogP contribution in [-0.2, 0) is 9.73 Å². The zero-order valence-corrected chi connectivity index (χ0v) is 15.2. The first-order chi connectivity index (χ1) is 11.5. The van der Waals surface area contributed by atoms with Crippen molar-refractivity contribution in [2.24, 2.45) is 10.3 Å². The van der Waals surface area contributed by atoms with Gasteiger partial charge in [-0.15, -0.1) is 0 Å². The number of benzene rings is 2. The van der Waals surface area contributed by atoms with Crippen LogP contribution in [0.1, 0.15) is 19.4 Å². The Balaban J connectivity index is 2.50. The number of aliphatic hydroxyl groups is 1. The van der Waals surface area contributed by atoms with E-state index in [0.29, 0.717) is 4.90 Å². The van der Waals surface area contributed by atoms with E-state index in [0.717, 1.165) is 5.56 Å². The summed E-state index contributed by atoms with van der Waals surface area (Å²) in [6, 6.07) is 19.0. The third kappa shape index (κ3) is 4.13. The lowest BCUT2D eigenvalue weighted by Crippen LogP contribution is -2.36. The molecule has 2 aromatic rings. The van der Waals surface area contributed by atoms with E-state index in [4.69, 9.17) is 0 Å². The van der Waals surface area contributed by atoms with Gasteiger partial charge in [-0.05, 0) is 23.6 Å². The average molecular weight is 343 g/mol. The average Bonchev–Trinajstić information content (AvgIpc) is 2.62. The van der Waals surface area contributed by atoms with Crippen LogP contribution in [0.15, 0.2) is 76.0 Å². The summed E-state index contributed by atoms with van der Waals surface area (Å²) >= 11 is 0. The van der Waals surface area contributed by atoms with Crippen molar-refractivity contribution >= 4 is 15.8 Å². The Hall–Kier alpha value is -1.91. The van der Waals surface area contributed by atoms with E-state index < -0.39 is 21.1 Å². The number of hydrogen-bond acceptors (Lipinski definition) is 3. The summed E-state index contributed by atoms with van der Waals surface area (Å²) in [7, 11) is -1.21. The molecule has 0 aliphatic carbocycles. The van der Waals surface area contributed by atoms with Crippen molar-refractivity contribution in [3.8, 4) is 0 Å². The van der Waals surface area contributed by atoms with Gasteiger partial charge in [0.1, 0.15) is 0 Å². The zero-order chi connectivity index (χ0) is 17.6. The molecule has 0 saturated carbocycles. The van der Waals surface area contributed by atoms with Gasteiger partial charge < -0.3 is 5.11 Å². The first kappa shape index (κ1) is 18.4. The Bertz CT molecular complexity index is 776. The molecule has 0 saturated heterocycles. The summed E-state index contributed by atoms with van der Waals surface area (Å²) in [6.07, 6.45) is 2.99. The van der Waals surface area contributed by atoms with Gasteiger partial charge in [0.15, 0.2) is 0 Å². The summed E-state index contributed by atoms with van der Waals surface area (Å²) in [5, 5.41) is 10.1. The quantitative estimate of drug-likeness (QED) is 0.853. The molecule has 24 heavy (non-hydrogen) atoms. The van der Waals surface area contributed by atoms with Gasteiger partial charge in [0, 0.05) is 11.9 Å². The SMILES string of the molecule is CN=S(=O)(c1ccccc1)[C@H](/C=C/c1ccccc1)[C@H](O)C(C)C. The summed E-state index contributed by atoms with van der Waals surface area (Å²) in [5.74, 6) is -0.0262. The van der Waals surface area contributed by atoms with Crippen molar-refractivity contribution in [1.29, 1.82) is 0 Å². The van der Waals surface area contributed by atoms with E-state index in [1.807, 2.05) is 86.7 Å². The molecular weight excluding hydrogens is 318 g/mol. The Kier molecular flexibility index (Phi) is 6.35. The lowest BCUT2D eigenvalue weighted by Gasteiger charge is -2.26. The van der Waals surface area contributed by atoms with Crippen molar-refractivity contribution in [3.63, 3.8) is 0 Å². The topological polar surface area (TPSA) is 49.7 Å². The molecule has 0 radical (unpaired) electrons. The van der Waals surface area contributed by atoms with E-state index in [1.165, 1.54) is 0 Å². The van der Waals surface area contributed by atoms with Crippen molar-refractivity contribution in [2.75, 3.05) is 7.05 Å². The van der Waals surface area contributed by atoms with E-state index >= 15 is 0 Å². The molecule has 0 aliphatic rings. The maximum atomic E-state index is 13.6. The Labute approximate surface area is 145 Å². The summed E-state index contributed by atoms with van der Waals surface area (Å²) in [6.45, 7) is 3.85. The minimum Gasteiger partial charge on any atom is -0.391 e. The van der Waals surface area contributed by atoms with E-state index in [9.17, 15) is 9.32 Å². The first-order valence-corrected chi connectivity index (χ1v) is 9.67. The molecule has 0 aromatic heterocycles. The Morgan fingerprint density at radius 1 is 1.00 bits per heavy atom. The largest absolute Gasteiger partial charge is 0.391 e. The van der Waals surface area contributed by atoms with Gasteiger partial charge in [0.05, 0.1) is 21.1 Å². The smallest absolute Gasteiger partial charge is 0.0919 e. The van der Waals surface area contributed by atoms with Crippen LogP contribution in [0.25, 0.3) is 6.08 Å². The van der Waals surface area contributed by atoms with Crippen molar-refractivity contribution in [3.05, 3.63) is 72.3 Å². The van der Waals surface area contributed by atoms with Crippen LogP contribution in [-0.4, -0.2) is 27.7 Å². The third-order valence-electron chi connectivity index (χ3n) is 4.02. The summed E-state index contributed by atoms with van der Waals surface area (Å²) < 4.78 is 17.9. The molecular formula is C20H25NO2S. The Morgan fingerprint density at radius 2 is 1.54 bits per heavy atom. The molecule has 1 N–H and O–H groups in total. The lowest BCUT2D eigenvalue weighted by molar-refractivity contribution is 0.132. The van der Waals surface area contributed by atoms with Gasteiger partial charge in [-0.2, -0.15) is 0 Å². The second kappa shape index (κ2) is 8.27. The highest BCUT2D eigenvalue weighted by Gasteiger charge is 2.31. The molecule has 128 valence electrons. The Morgan fingerprint density at radius 3 is 2.04 bits per heavy atom. The standard InChI is InChI=1S/C20H25NO2S/c1-16(2)20(22)19(15-14-17-10-6-4-7-11-17)24(23,21-3)18-12-8-5-9-13-18/h4-16,19-20,22H,1-3H3/b15-14+/t19-,20-,24?/m1/s1. The van der Waals surface area contributed by atoms with E-state index in [-0.39, 0.29) is 5.92 Å². The van der Waals surface area contributed by atoms with Crippen LogP contribution in [0.4, 0.5) is 0 Å². The number of hydrogen-bond donors (Lipinski definition) is 1. The highest BCUT2D eigenvalue weighted by atomic mass is 32.2. The molecule has 0 amide bonds. The molecule has 2 aromatic carbocycles. The molecule has 3 nitrogen and oxygen atoms in total. The van der Waals surface area contributed by atoms with Crippen LogP contribution < -0.4 is 0 Å². The fraction of sp³-hybridized carbons (Fsp3) is 0.300. The van der Waals surface area contributed by atoms with Crippen LogP contribution in [0.3, 0.4) is 0 Å². The van der Waals surface area contributed by atoms with Crippen molar-refractivity contribution in [2.45, 2.75) is 30.1 Å². The number of nitrogens with zero attached hydrogens (tertiary/aromatic N) is 1. The summed E-state index contributed by atoms with van der Waals surface area (Å²) in [5.41, 5.74) is 1.00. The summed E-state index contributed by atoms with van der Waals surface area (Å²) in [4.78, 5) is 0.648. The monoisotopic (exact) mass is 343 g/mol. The highest BCUT2D eigenvalue weighted by Crippen LogP contribution is 2.26. The van der Waals surface area contributed by atoms with Crippen LogP contribution in [0, 0.1) is 5.92 Å². The molecule has 1 unspecified atom stereocenters. The van der Waals surface area contributed by atoms with E-state index in [1.54, 1.807) is 7.05 Å². The third-order valence-corrected chi connectivity index (χ3v) is 6.68. The molecule has 0 aliphatic heterocycles. The molecule has 4 heteroatoms. The molecule has 0 heterocycles. The van der Waals surface area contributed by atoms with Gasteiger partial charge >= 0.3 is 0 Å². The van der Waals surface area contributed by atoms with Crippen LogP contribution in [0.2, 0.25) is 0 Å². The van der Waals surface area contributed by atoms with Crippen LogP contribution >= 0.6 is 0 Å². The van der Waals surface area contributed by atoms with Crippen molar-refractivity contribution < 1.29 is 9.32 Å². The zero-order valence-electron chi connectivity index (χ0n) is 14.4. The van der Waals surface area contributed by atoms with Crippen molar-refractivity contribution in [1.82, 2.24) is 0 Å². The minimum absolute atomic E-state index is 0.0262. The number of rotatable bonds is 6. The van der Waals surface area contributed by atoms with Gasteiger partial charge in [-0.3, -0.25) is 0 Å². The normalized spacial score (nSPS) is 16.7. The predicted octanol–water partition coefficient (Wildman–Crippen LogP) is 4.24. The lowest BCUT2D eigenvalue weighted by atomic mass is 10.0. The molecule has 3 atom stereocenters. The van der Waals surface area contributed by atoms with E-state index in [2.05, 4.69) is 4.36 Å².